The van der Waals surface area contributed by atoms with Gasteiger partial charge in [0, 0.05) is 6.54 Å². The zero-order chi connectivity index (χ0) is 12.3. The molecule has 0 heterocycles. The van der Waals surface area contributed by atoms with Crippen LogP contribution in [0.1, 0.15) is 36.0 Å². The highest BCUT2D eigenvalue weighted by atomic mass is 16.4. The maximum atomic E-state index is 11.1. The lowest BCUT2D eigenvalue weighted by atomic mass is 10.1. The molecule has 1 aliphatic carbocycles. The lowest BCUT2D eigenvalue weighted by molar-refractivity contribution is 0.0698. The molecule has 92 valence electrons. The first-order valence-corrected chi connectivity index (χ1v) is 6.04. The predicted molar refractivity (Wildman–Crippen MR) is 68.3 cm³/mol. The molecule has 4 N–H and O–H groups in total. The van der Waals surface area contributed by atoms with Crippen molar-refractivity contribution < 1.29 is 9.90 Å². The number of nitrogens with two attached hydrogens (primary N) is 1. The highest BCUT2D eigenvalue weighted by Gasteiger charge is 2.17. The third kappa shape index (κ3) is 2.70. The van der Waals surface area contributed by atoms with Crippen LogP contribution in [0.5, 0.6) is 0 Å². The van der Waals surface area contributed by atoms with Crippen molar-refractivity contribution in [2.75, 3.05) is 17.6 Å². The van der Waals surface area contributed by atoms with Crippen molar-refractivity contribution in [1.29, 1.82) is 0 Å². The molecule has 1 aliphatic rings. The maximum absolute atomic E-state index is 11.1. The molecule has 1 fully saturated rings. The van der Waals surface area contributed by atoms with Crippen LogP contribution in [-0.2, 0) is 0 Å². The molecule has 1 aromatic carbocycles. The Balaban J connectivity index is 2.10. The molecule has 4 heteroatoms. The summed E-state index contributed by atoms with van der Waals surface area (Å²) in [6, 6.07) is 4.97. The monoisotopic (exact) mass is 234 g/mol. The van der Waals surface area contributed by atoms with Crippen molar-refractivity contribution >= 4 is 17.3 Å². The van der Waals surface area contributed by atoms with Crippen molar-refractivity contribution in [3.8, 4) is 0 Å². The molecule has 0 aliphatic heterocycles. The molecule has 17 heavy (non-hydrogen) atoms. The Morgan fingerprint density at radius 2 is 2.12 bits per heavy atom. The number of carboxylic acid groups (broad SMARTS) is 1. The Morgan fingerprint density at radius 1 is 1.41 bits per heavy atom. The molecule has 4 nitrogen and oxygen atoms in total. The molecule has 0 bridgehead atoms. The van der Waals surface area contributed by atoms with Gasteiger partial charge in [0.2, 0.25) is 0 Å². The minimum atomic E-state index is -0.939. The number of hydrogen-bond acceptors (Lipinski definition) is 3. The Morgan fingerprint density at radius 3 is 2.76 bits per heavy atom. The normalized spacial score (nSPS) is 16.0. The van der Waals surface area contributed by atoms with Crippen LogP contribution in [0.15, 0.2) is 18.2 Å². The van der Waals surface area contributed by atoms with Gasteiger partial charge in [-0.15, -0.1) is 0 Å². The van der Waals surface area contributed by atoms with Gasteiger partial charge < -0.3 is 16.2 Å². The number of rotatable bonds is 4. The van der Waals surface area contributed by atoms with Crippen molar-refractivity contribution in [3.05, 3.63) is 23.8 Å². The van der Waals surface area contributed by atoms with Crippen LogP contribution in [0.4, 0.5) is 11.4 Å². The molecule has 0 atom stereocenters. The van der Waals surface area contributed by atoms with E-state index >= 15 is 0 Å². The molecule has 1 aromatic rings. The second kappa shape index (κ2) is 5.08. The van der Waals surface area contributed by atoms with Gasteiger partial charge in [-0.2, -0.15) is 0 Å². The molecular formula is C13H18N2O2. The molecule has 0 spiro atoms. The van der Waals surface area contributed by atoms with E-state index in [0.29, 0.717) is 17.3 Å². The maximum Gasteiger partial charge on any atom is 0.337 e. The van der Waals surface area contributed by atoms with Crippen LogP contribution in [0.3, 0.4) is 0 Å². The zero-order valence-electron chi connectivity index (χ0n) is 9.78. The van der Waals surface area contributed by atoms with Crippen molar-refractivity contribution in [2.24, 2.45) is 5.92 Å². The summed E-state index contributed by atoms with van der Waals surface area (Å²) < 4.78 is 0. The van der Waals surface area contributed by atoms with Crippen molar-refractivity contribution in [1.82, 2.24) is 0 Å². The molecule has 2 rings (SSSR count). The van der Waals surface area contributed by atoms with Gasteiger partial charge in [0.05, 0.1) is 16.9 Å². The third-order valence-corrected chi connectivity index (χ3v) is 3.37. The smallest absolute Gasteiger partial charge is 0.337 e. The fourth-order valence-corrected chi connectivity index (χ4v) is 2.41. The summed E-state index contributed by atoms with van der Waals surface area (Å²) in [5, 5.41) is 12.3. The molecule has 0 radical (unpaired) electrons. The first-order chi connectivity index (χ1) is 8.18. The van der Waals surface area contributed by atoms with E-state index in [0.717, 1.165) is 6.54 Å². The highest BCUT2D eigenvalue weighted by Crippen LogP contribution is 2.28. The van der Waals surface area contributed by atoms with Crippen LogP contribution in [-0.4, -0.2) is 17.6 Å². The minimum absolute atomic E-state index is 0.253. The summed E-state index contributed by atoms with van der Waals surface area (Å²) in [6.45, 7) is 0.814. The van der Waals surface area contributed by atoms with Crippen LogP contribution < -0.4 is 11.1 Å². The van der Waals surface area contributed by atoms with Gasteiger partial charge in [0.1, 0.15) is 0 Å². The summed E-state index contributed by atoms with van der Waals surface area (Å²) in [7, 11) is 0. The Hall–Kier alpha value is -1.71. The van der Waals surface area contributed by atoms with E-state index in [1.165, 1.54) is 25.7 Å². The summed E-state index contributed by atoms with van der Waals surface area (Å²) in [4.78, 5) is 11.1. The van der Waals surface area contributed by atoms with Gasteiger partial charge >= 0.3 is 5.97 Å². The number of anilines is 2. The number of carboxylic acids is 1. The SMILES string of the molecule is Nc1cccc(C(=O)O)c1NCC1CCCC1. The topological polar surface area (TPSA) is 75.4 Å². The summed E-state index contributed by atoms with van der Waals surface area (Å²) in [5.41, 5.74) is 7.14. The van der Waals surface area contributed by atoms with Crippen LogP contribution in [0, 0.1) is 5.92 Å². The second-order valence-electron chi connectivity index (χ2n) is 4.61. The summed E-state index contributed by atoms with van der Waals surface area (Å²) in [5.74, 6) is -0.289. The van der Waals surface area contributed by atoms with E-state index in [-0.39, 0.29) is 5.56 Å². The summed E-state index contributed by atoms with van der Waals surface area (Å²) in [6.07, 6.45) is 5.01. The Bertz CT molecular complexity index is 412. The lowest BCUT2D eigenvalue weighted by Gasteiger charge is -2.15. The third-order valence-electron chi connectivity index (χ3n) is 3.37. The van der Waals surface area contributed by atoms with Gasteiger partial charge in [0.15, 0.2) is 0 Å². The fourth-order valence-electron chi connectivity index (χ4n) is 2.41. The van der Waals surface area contributed by atoms with Crippen LogP contribution in [0.25, 0.3) is 0 Å². The second-order valence-corrected chi connectivity index (χ2v) is 4.61. The minimum Gasteiger partial charge on any atom is -0.478 e. The molecule has 0 unspecified atom stereocenters. The van der Waals surface area contributed by atoms with E-state index < -0.39 is 5.97 Å². The largest absolute Gasteiger partial charge is 0.478 e. The molecule has 1 saturated carbocycles. The van der Waals surface area contributed by atoms with Gasteiger partial charge in [-0.3, -0.25) is 0 Å². The highest BCUT2D eigenvalue weighted by molar-refractivity contribution is 5.97. The van der Waals surface area contributed by atoms with Gasteiger partial charge in [-0.05, 0) is 30.9 Å². The number of benzene rings is 1. The van der Waals surface area contributed by atoms with Crippen LogP contribution in [0.2, 0.25) is 0 Å². The van der Waals surface area contributed by atoms with Crippen LogP contribution >= 0.6 is 0 Å². The number of nitrogen functional groups attached to an aromatic ring is 1. The van der Waals surface area contributed by atoms with Gasteiger partial charge in [0.25, 0.3) is 0 Å². The first kappa shape index (κ1) is 11.8. The molecular weight excluding hydrogens is 216 g/mol. The van der Waals surface area contributed by atoms with Gasteiger partial charge in [-0.1, -0.05) is 18.9 Å². The van der Waals surface area contributed by atoms with E-state index in [1.54, 1.807) is 18.2 Å². The Labute approximate surface area is 101 Å². The van der Waals surface area contributed by atoms with E-state index in [2.05, 4.69) is 5.32 Å². The summed E-state index contributed by atoms with van der Waals surface area (Å²) >= 11 is 0. The molecule has 0 saturated heterocycles. The first-order valence-electron chi connectivity index (χ1n) is 6.04. The van der Waals surface area contributed by atoms with E-state index in [9.17, 15) is 4.79 Å². The van der Waals surface area contributed by atoms with E-state index in [1.807, 2.05) is 0 Å². The average Bonchev–Trinajstić information content (AvgIpc) is 2.80. The van der Waals surface area contributed by atoms with Crippen molar-refractivity contribution in [2.45, 2.75) is 25.7 Å². The van der Waals surface area contributed by atoms with Gasteiger partial charge in [-0.25, -0.2) is 4.79 Å². The standard InChI is InChI=1S/C13H18N2O2/c14-11-7-3-6-10(13(16)17)12(11)15-8-9-4-1-2-5-9/h3,6-7,9,15H,1-2,4-5,8,14H2,(H,16,17). The number of nitrogens with one attached hydrogen (secondary N) is 1. The van der Waals surface area contributed by atoms with Crippen molar-refractivity contribution in [3.63, 3.8) is 0 Å². The quantitative estimate of drug-likeness (QED) is 0.700. The molecule has 0 amide bonds. The number of aromatic carboxylic acids is 1. The lowest BCUT2D eigenvalue weighted by Crippen LogP contribution is -2.15. The molecule has 0 aromatic heterocycles. The predicted octanol–water partition coefficient (Wildman–Crippen LogP) is 2.57. The number of para-hydroxylation sites is 1. The number of hydrogen-bond donors (Lipinski definition) is 3. The van der Waals surface area contributed by atoms with E-state index in [4.69, 9.17) is 10.8 Å². The fraction of sp³-hybridized carbons (Fsp3) is 0.462. The number of carbonyl (C=O) groups is 1. The Kier molecular flexibility index (Phi) is 3.52. The zero-order valence-corrected chi connectivity index (χ0v) is 9.78. The average molecular weight is 234 g/mol.